The van der Waals surface area contributed by atoms with E-state index in [9.17, 15) is 13.2 Å². The lowest BCUT2D eigenvalue weighted by Crippen LogP contribution is -2.30. The van der Waals surface area contributed by atoms with Gasteiger partial charge in [0.15, 0.2) is 0 Å². The third kappa shape index (κ3) is 4.67. The van der Waals surface area contributed by atoms with Crippen LogP contribution in [-0.4, -0.2) is 42.3 Å². The van der Waals surface area contributed by atoms with Crippen LogP contribution in [-0.2, 0) is 23.5 Å². The highest BCUT2D eigenvalue weighted by molar-refractivity contribution is 7.89. The maximum absolute atomic E-state index is 13.1. The number of fused-ring (bicyclic) bond motifs is 1. The topological polar surface area (TPSA) is 84.3 Å². The molecule has 1 aromatic heterocycles. The van der Waals surface area contributed by atoms with Gasteiger partial charge in [0.1, 0.15) is 5.82 Å². The van der Waals surface area contributed by atoms with E-state index in [2.05, 4.69) is 5.32 Å². The molecule has 0 radical (unpaired) electrons. The Morgan fingerprint density at radius 1 is 0.970 bits per heavy atom. The minimum absolute atomic E-state index is 0.142. The lowest BCUT2D eigenvalue weighted by Gasteiger charge is -2.19. The summed E-state index contributed by atoms with van der Waals surface area (Å²) in [7, 11) is 1.36. The van der Waals surface area contributed by atoms with E-state index in [-0.39, 0.29) is 16.8 Å². The Morgan fingerprint density at radius 2 is 1.61 bits per heavy atom. The van der Waals surface area contributed by atoms with E-state index in [4.69, 9.17) is 4.98 Å². The number of aryl methyl sites for hydroxylation is 1. The molecule has 4 rings (SSSR count). The summed E-state index contributed by atoms with van der Waals surface area (Å²) >= 11 is 0. The van der Waals surface area contributed by atoms with Gasteiger partial charge in [-0.25, -0.2) is 17.7 Å². The molecular formula is C25H26N4O3S. The van der Waals surface area contributed by atoms with Gasteiger partial charge in [-0.1, -0.05) is 42.5 Å². The number of carbonyl (C=O) groups excluding carboxylic acids is 1. The summed E-state index contributed by atoms with van der Waals surface area (Å²) in [5, 5.41) is 3.10. The molecule has 0 saturated heterocycles. The number of aromatic nitrogens is 2. The monoisotopic (exact) mass is 462 g/mol. The van der Waals surface area contributed by atoms with Crippen LogP contribution < -0.4 is 5.32 Å². The number of nitrogens with one attached hydrogen (secondary N) is 1. The van der Waals surface area contributed by atoms with Gasteiger partial charge in [-0.05, 0) is 42.0 Å². The molecule has 0 fully saturated rings. The highest BCUT2D eigenvalue weighted by atomic mass is 32.2. The molecule has 7 nitrogen and oxygen atoms in total. The SMILES string of the molecule is CN(C)S(=O)(=O)c1ccc(C(=O)N[C@@H](Cc2nc3ccccc3n2C)c2ccccc2)cc1. The summed E-state index contributed by atoms with van der Waals surface area (Å²) in [6.07, 6.45) is 0.508. The summed E-state index contributed by atoms with van der Waals surface area (Å²) in [6.45, 7) is 0. The van der Waals surface area contributed by atoms with E-state index in [0.29, 0.717) is 12.0 Å². The van der Waals surface area contributed by atoms with Crippen molar-refractivity contribution in [1.82, 2.24) is 19.2 Å². The third-order valence-corrected chi connectivity index (χ3v) is 7.50. The normalized spacial score (nSPS) is 12.7. The predicted molar refractivity (Wildman–Crippen MR) is 128 cm³/mol. The second kappa shape index (κ2) is 9.17. The number of amides is 1. The molecule has 0 saturated carbocycles. The highest BCUT2D eigenvalue weighted by Gasteiger charge is 2.21. The summed E-state index contributed by atoms with van der Waals surface area (Å²) in [5.41, 5.74) is 3.29. The number of para-hydroxylation sites is 2. The van der Waals surface area contributed by atoms with Gasteiger partial charge in [0.2, 0.25) is 10.0 Å². The predicted octanol–water partition coefficient (Wildman–Crippen LogP) is 3.54. The van der Waals surface area contributed by atoms with Crippen molar-refractivity contribution < 1.29 is 13.2 Å². The van der Waals surface area contributed by atoms with Gasteiger partial charge in [-0.2, -0.15) is 0 Å². The van der Waals surface area contributed by atoms with E-state index >= 15 is 0 Å². The zero-order chi connectivity index (χ0) is 23.6. The minimum Gasteiger partial charge on any atom is -0.345 e. The Morgan fingerprint density at radius 3 is 2.24 bits per heavy atom. The van der Waals surface area contributed by atoms with Gasteiger partial charge in [0.25, 0.3) is 5.91 Å². The molecule has 4 aromatic rings. The Kier molecular flexibility index (Phi) is 6.31. The first kappa shape index (κ1) is 22.7. The van der Waals surface area contributed by atoms with Gasteiger partial charge in [-0.3, -0.25) is 4.79 Å². The zero-order valence-electron chi connectivity index (χ0n) is 18.8. The average molecular weight is 463 g/mol. The summed E-state index contributed by atoms with van der Waals surface area (Å²) in [5.74, 6) is 0.578. The van der Waals surface area contributed by atoms with Gasteiger partial charge in [0.05, 0.1) is 22.0 Å². The van der Waals surface area contributed by atoms with Crippen molar-refractivity contribution in [3.05, 3.63) is 95.8 Å². The standard InChI is InChI=1S/C25H26N4O3S/c1-28(2)33(31,32)20-15-13-19(14-16-20)25(30)27-22(18-9-5-4-6-10-18)17-24-26-21-11-7-8-12-23(21)29(24)3/h4-16,22H,17H2,1-3H3,(H,27,30)/t22-/m0/s1. The second-order valence-corrected chi connectivity index (χ2v) is 10.2. The third-order valence-electron chi connectivity index (χ3n) is 5.67. The average Bonchev–Trinajstić information content (AvgIpc) is 3.14. The Labute approximate surface area is 193 Å². The van der Waals surface area contributed by atoms with Gasteiger partial charge < -0.3 is 9.88 Å². The molecule has 1 amide bonds. The van der Waals surface area contributed by atoms with E-state index in [1.165, 1.54) is 38.4 Å². The van der Waals surface area contributed by atoms with Crippen LogP contribution in [0.2, 0.25) is 0 Å². The first-order chi connectivity index (χ1) is 15.8. The second-order valence-electron chi connectivity index (χ2n) is 8.03. The fourth-order valence-electron chi connectivity index (χ4n) is 3.73. The van der Waals surface area contributed by atoms with Crippen LogP contribution in [0.1, 0.15) is 27.8 Å². The molecule has 33 heavy (non-hydrogen) atoms. The van der Waals surface area contributed by atoms with E-state index < -0.39 is 10.0 Å². The number of rotatable bonds is 7. The van der Waals surface area contributed by atoms with Crippen molar-refractivity contribution in [3.8, 4) is 0 Å². The molecule has 0 aliphatic rings. The van der Waals surface area contributed by atoms with E-state index in [0.717, 1.165) is 26.7 Å². The molecule has 8 heteroatoms. The lowest BCUT2D eigenvalue weighted by molar-refractivity contribution is 0.0936. The fraction of sp³-hybridized carbons (Fsp3) is 0.200. The number of nitrogens with zero attached hydrogens (tertiary/aromatic N) is 3. The number of sulfonamides is 1. The Bertz CT molecular complexity index is 1380. The number of imidazole rings is 1. The zero-order valence-corrected chi connectivity index (χ0v) is 19.6. The molecule has 170 valence electrons. The number of carbonyl (C=O) groups is 1. The van der Waals surface area contributed by atoms with Gasteiger partial charge >= 0.3 is 0 Å². The molecule has 1 atom stereocenters. The Balaban J connectivity index is 1.61. The molecule has 0 aliphatic heterocycles. The lowest BCUT2D eigenvalue weighted by atomic mass is 10.0. The molecule has 0 spiro atoms. The minimum atomic E-state index is -3.55. The first-order valence-electron chi connectivity index (χ1n) is 10.6. The molecule has 3 aromatic carbocycles. The molecule has 1 N–H and O–H groups in total. The summed E-state index contributed by atoms with van der Waals surface area (Å²) in [6, 6.07) is 23.3. The van der Waals surface area contributed by atoms with Gasteiger partial charge in [0, 0.05) is 33.1 Å². The number of benzene rings is 3. The van der Waals surface area contributed by atoms with Crippen LogP contribution in [0.15, 0.2) is 83.8 Å². The smallest absolute Gasteiger partial charge is 0.251 e. The first-order valence-corrected chi connectivity index (χ1v) is 12.0. The summed E-state index contributed by atoms with van der Waals surface area (Å²) in [4.78, 5) is 18.0. The van der Waals surface area contributed by atoms with Crippen molar-refractivity contribution in [2.75, 3.05) is 14.1 Å². The maximum Gasteiger partial charge on any atom is 0.251 e. The fourth-order valence-corrected chi connectivity index (χ4v) is 4.63. The Hall–Kier alpha value is -3.49. The molecule has 0 unspecified atom stereocenters. The van der Waals surface area contributed by atoms with Crippen molar-refractivity contribution >= 4 is 27.0 Å². The molecule has 0 aliphatic carbocycles. The number of hydrogen-bond donors (Lipinski definition) is 1. The molecular weight excluding hydrogens is 436 g/mol. The molecule has 0 bridgehead atoms. The summed E-state index contributed by atoms with van der Waals surface area (Å²) < 4.78 is 27.8. The van der Waals surface area contributed by atoms with E-state index in [1.807, 2.05) is 66.2 Å². The molecule has 1 heterocycles. The van der Waals surface area contributed by atoms with Crippen molar-refractivity contribution in [2.24, 2.45) is 7.05 Å². The van der Waals surface area contributed by atoms with Crippen LogP contribution in [0.3, 0.4) is 0 Å². The van der Waals surface area contributed by atoms with Crippen LogP contribution >= 0.6 is 0 Å². The maximum atomic E-state index is 13.1. The largest absolute Gasteiger partial charge is 0.345 e. The van der Waals surface area contributed by atoms with Crippen molar-refractivity contribution in [3.63, 3.8) is 0 Å². The quantitative estimate of drug-likeness (QED) is 0.455. The van der Waals surface area contributed by atoms with Gasteiger partial charge in [-0.15, -0.1) is 0 Å². The van der Waals surface area contributed by atoms with Crippen LogP contribution in [0, 0.1) is 0 Å². The number of hydrogen-bond acceptors (Lipinski definition) is 4. The van der Waals surface area contributed by atoms with Crippen LogP contribution in [0.25, 0.3) is 11.0 Å². The van der Waals surface area contributed by atoms with Crippen molar-refractivity contribution in [1.29, 1.82) is 0 Å². The van der Waals surface area contributed by atoms with Crippen molar-refractivity contribution in [2.45, 2.75) is 17.4 Å². The highest BCUT2D eigenvalue weighted by Crippen LogP contribution is 2.22. The van der Waals surface area contributed by atoms with E-state index in [1.54, 1.807) is 0 Å². The van der Waals surface area contributed by atoms with Crippen LogP contribution in [0.4, 0.5) is 0 Å². The van der Waals surface area contributed by atoms with Crippen LogP contribution in [0.5, 0.6) is 0 Å².